The van der Waals surface area contributed by atoms with E-state index in [4.69, 9.17) is 16.0 Å². The van der Waals surface area contributed by atoms with Crippen molar-refractivity contribution in [2.75, 3.05) is 13.1 Å². The molecule has 0 N–H and O–H groups in total. The van der Waals surface area contributed by atoms with E-state index in [2.05, 4.69) is 0 Å². The van der Waals surface area contributed by atoms with E-state index in [1.54, 1.807) is 17.3 Å². The molecule has 1 saturated carbocycles. The number of furan rings is 1. The van der Waals surface area contributed by atoms with Gasteiger partial charge in [0.1, 0.15) is 16.4 Å². The van der Waals surface area contributed by atoms with Gasteiger partial charge in [-0.15, -0.1) is 11.6 Å². The molecule has 0 amide bonds. The first-order valence-electron chi connectivity index (χ1n) is 7.62. The van der Waals surface area contributed by atoms with E-state index in [-0.39, 0.29) is 10.8 Å². The number of halogens is 1. The maximum absolute atomic E-state index is 12.8. The molecule has 2 aliphatic rings. The second-order valence-corrected chi connectivity index (χ2v) is 8.55. The highest BCUT2D eigenvalue weighted by molar-refractivity contribution is 7.89. The van der Waals surface area contributed by atoms with Gasteiger partial charge in [0, 0.05) is 19.2 Å². The molecule has 0 atom stereocenters. The van der Waals surface area contributed by atoms with Crippen molar-refractivity contribution >= 4 is 21.6 Å². The van der Waals surface area contributed by atoms with Gasteiger partial charge in [0.25, 0.3) is 0 Å². The summed E-state index contributed by atoms with van der Waals surface area (Å²) in [7, 11) is -3.45. The maximum atomic E-state index is 12.8. The first-order chi connectivity index (χ1) is 9.97. The predicted molar refractivity (Wildman–Crippen MR) is 81.9 cm³/mol. The number of piperidine rings is 1. The van der Waals surface area contributed by atoms with E-state index in [1.807, 2.05) is 0 Å². The number of hydrogen-bond acceptors (Lipinski definition) is 3. The Hall–Kier alpha value is -0.520. The summed E-state index contributed by atoms with van der Waals surface area (Å²) in [6.45, 7) is 2.94. The largest absolute Gasteiger partial charge is 0.464 e. The fourth-order valence-corrected chi connectivity index (χ4v) is 5.57. The molecule has 3 rings (SSSR count). The maximum Gasteiger partial charge on any atom is 0.246 e. The third kappa shape index (κ3) is 2.76. The minimum absolute atomic E-state index is 0.194. The molecule has 118 valence electrons. The minimum atomic E-state index is -3.45. The third-order valence-corrected chi connectivity index (χ3v) is 7.39. The highest BCUT2D eigenvalue weighted by Gasteiger charge is 2.40. The van der Waals surface area contributed by atoms with Crippen molar-refractivity contribution in [1.29, 1.82) is 0 Å². The van der Waals surface area contributed by atoms with Gasteiger partial charge in [-0.3, -0.25) is 0 Å². The standard InChI is InChI=1S/C15H22ClNO3S/c1-12-14(10-13(11-16)20-12)21(18,19)17-8-6-15(7-9-17)4-2-3-5-15/h10H,2-9,11H2,1H3. The molecule has 6 heteroatoms. The molecule has 0 unspecified atom stereocenters. The van der Waals surface area contributed by atoms with Crippen LogP contribution in [0.2, 0.25) is 0 Å². The number of hydrogen-bond donors (Lipinski definition) is 0. The van der Waals surface area contributed by atoms with Crippen LogP contribution in [0.1, 0.15) is 50.0 Å². The van der Waals surface area contributed by atoms with Gasteiger partial charge < -0.3 is 4.42 Å². The molecule has 4 nitrogen and oxygen atoms in total. The van der Waals surface area contributed by atoms with Crippen LogP contribution in [0.3, 0.4) is 0 Å². The Bertz CT molecular complexity index is 607. The second-order valence-electron chi connectivity index (χ2n) is 6.38. The van der Waals surface area contributed by atoms with Gasteiger partial charge in [0.05, 0.1) is 5.88 Å². The Kier molecular flexibility index (Phi) is 4.10. The highest BCUT2D eigenvalue weighted by atomic mass is 35.5. The quantitative estimate of drug-likeness (QED) is 0.794. The van der Waals surface area contributed by atoms with E-state index in [9.17, 15) is 8.42 Å². The summed E-state index contributed by atoms with van der Waals surface area (Å²) in [5.74, 6) is 1.14. The van der Waals surface area contributed by atoms with Crippen LogP contribution >= 0.6 is 11.6 Å². The first-order valence-corrected chi connectivity index (χ1v) is 9.60. The third-order valence-electron chi connectivity index (χ3n) is 5.12. The lowest BCUT2D eigenvalue weighted by molar-refractivity contribution is 0.160. The summed E-state index contributed by atoms with van der Waals surface area (Å²) >= 11 is 5.73. The van der Waals surface area contributed by atoms with Gasteiger partial charge in [-0.1, -0.05) is 12.8 Å². The number of aryl methyl sites for hydroxylation is 1. The van der Waals surface area contributed by atoms with Crippen molar-refractivity contribution in [3.05, 3.63) is 17.6 Å². The molecular weight excluding hydrogens is 310 g/mol. The monoisotopic (exact) mass is 331 g/mol. The highest BCUT2D eigenvalue weighted by Crippen LogP contribution is 2.46. The number of alkyl halides is 1. The second kappa shape index (κ2) is 5.60. The molecule has 1 saturated heterocycles. The number of nitrogens with zero attached hydrogens (tertiary/aromatic N) is 1. The van der Waals surface area contributed by atoms with Crippen molar-refractivity contribution in [2.45, 2.75) is 56.2 Å². The molecule has 1 spiro atoms. The molecule has 1 aliphatic carbocycles. The average molecular weight is 332 g/mol. The lowest BCUT2D eigenvalue weighted by atomic mass is 9.78. The van der Waals surface area contributed by atoms with E-state index in [1.165, 1.54) is 25.7 Å². The van der Waals surface area contributed by atoms with Crippen LogP contribution < -0.4 is 0 Å². The fourth-order valence-electron chi connectivity index (χ4n) is 3.81. The topological polar surface area (TPSA) is 50.5 Å². The van der Waals surface area contributed by atoms with E-state index < -0.39 is 10.0 Å². The van der Waals surface area contributed by atoms with Crippen molar-refractivity contribution in [3.63, 3.8) is 0 Å². The van der Waals surface area contributed by atoms with Crippen LogP contribution in [0.5, 0.6) is 0 Å². The molecule has 1 aliphatic heterocycles. The SMILES string of the molecule is Cc1oc(CCl)cc1S(=O)(=O)N1CCC2(CCCC2)CC1. The average Bonchev–Trinajstić information content (AvgIpc) is 3.07. The summed E-state index contributed by atoms with van der Waals surface area (Å²) in [6, 6.07) is 1.57. The molecule has 21 heavy (non-hydrogen) atoms. The summed E-state index contributed by atoms with van der Waals surface area (Å²) in [6.07, 6.45) is 7.11. The predicted octanol–water partition coefficient (Wildman–Crippen LogP) is 3.67. The minimum Gasteiger partial charge on any atom is -0.464 e. The van der Waals surface area contributed by atoms with E-state index >= 15 is 0 Å². The van der Waals surface area contributed by atoms with Crippen LogP contribution in [0.25, 0.3) is 0 Å². The summed E-state index contributed by atoms with van der Waals surface area (Å²) in [5, 5.41) is 0. The molecule has 0 aromatic carbocycles. The van der Waals surface area contributed by atoms with Crippen LogP contribution in [0.4, 0.5) is 0 Å². The van der Waals surface area contributed by atoms with Crippen LogP contribution in [0.15, 0.2) is 15.4 Å². The Morgan fingerprint density at radius 1 is 1.24 bits per heavy atom. The molecule has 1 aromatic rings. The van der Waals surface area contributed by atoms with Crippen molar-refractivity contribution in [3.8, 4) is 0 Å². The first kappa shape index (κ1) is 15.4. The Labute approximate surface area is 131 Å². The lowest BCUT2D eigenvalue weighted by Crippen LogP contribution is -2.42. The smallest absolute Gasteiger partial charge is 0.246 e. The van der Waals surface area contributed by atoms with Crippen molar-refractivity contribution in [1.82, 2.24) is 4.31 Å². The van der Waals surface area contributed by atoms with Gasteiger partial charge in [0.15, 0.2) is 0 Å². The van der Waals surface area contributed by atoms with Crippen LogP contribution in [0, 0.1) is 12.3 Å². The van der Waals surface area contributed by atoms with Crippen molar-refractivity contribution in [2.24, 2.45) is 5.41 Å². The molecule has 2 fully saturated rings. The van der Waals surface area contributed by atoms with Crippen LogP contribution in [-0.4, -0.2) is 25.8 Å². The lowest BCUT2D eigenvalue weighted by Gasteiger charge is -2.38. The Morgan fingerprint density at radius 3 is 2.38 bits per heavy atom. The van der Waals surface area contributed by atoms with Gasteiger partial charge in [-0.2, -0.15) is 4.31 Å². The van der Waals surface area contributed by atoms with Gasteiger partial charge in [-0.05, 0) is 38.0 Å². The summed E-state index contributed by atoms with van der Waals surface area (Å²) in [5.41, 5.74) is 0.415. The van der Waals surface area contributed by atoms with E-state index in [0.717, 1.165) is 12.8 Å². The zero-order valence-electron chi connectivity index (χ0n) is 12.4. The van der Waals surface area contributed by atoms with Gasteiger partial charge in [-0.25, -0.2) is 8.42 Å². The molecular formula is C15H22ClNO3S. The van der Waals surface area contributed by atoms with Gasteiger partial charge >= 0.3 is 0 Å². The Morgan fingerprint density at radius 2 is 1.86 bits per heavy atom. The summed E-state index contributed by atoms with van der Waals surface area (Å²) in [4.78, 5) is 0.278. The Balaban J connectivity index is 1.78. The zero-order chi connectivity index (χ0) is 15.1. The number of sulfonamides is 1. The molecule has 2 heterocycles. The zero-order valence-corrected chi connectivity index (χ0v) is 14.0. The normalized spacial score (nSPS) is 23.0. The van der Waals surface area contributed by atoms with Crippen LogP contribution in [-0.2, 0) is 15.9 Å². The van der Waals surface area contributed by atoms with Gasteiger partial charge in [0.2, 0.25) is 10.0 Å². The summed E-state index contributed by atoms with van der Waals surface area (Å²) < 4.78 is 32.5. The molecule has 0 bridgehead atoms. The molecule has 1 aromatic heterocycles. The fraction of sp³-hybridized carbons (Fsp3) is 0.733. The van der Waals surface area contributed by atoms with E-state index in [0.29, 0.717) is 30.0 Å². The molecule has 0 radical (unpaired) electrons. The number of rotatable bonds is 3. The van der Waals surface area contributed by atoms with Crippen molar-refractivity contribution < 1.29 is 12.8 Å².